The van der Waals surface area contributed by atoms with Crippen LogP contribution in [0.2, 0.25) is 0 Å². The Morgan fingerprint density at radius 1 is 1.58 bits per heavy atom. The van der Waals surface area contributed by atoms with Gasteiger partial charge in [0.1, 0.15) is 5.60 Å². The summed E-state index contributed by atoms with van der Waals surface area (Å²) in [5.74, 6) is 1.48. The Labute approximate surface area is 73.3 Å². The molecule has 0 aromatic rings. The third-order valence-electron chi connectivity index (χ3n) is 3.41. The van der Waals surface area contributed by atoms with E-state index in [2.05, 4.69) is 13.8 Å². The van der Waals surface area contributed by atoms with Gasteiger partial charge < -0.3 is 4.74 Å². The molecule has 12 heavy (non-hydrogen) atoms. The minimum atomic E-state index is -0.370. The summed E-state index contributed by atoms with van der Waals surface area (Å²) in [4.78, 5) is 11.5. The molecule has 0 N–H and O–H groups in total. The van der Waals surface area contributed by atoms with Crippen LogP contribution in [0, 0.1) is 11.8 Å². The van der Waals surface area contributed by atoms with Crippen molar-refractivity contribution < 1.29 is 9.53 Å². The van der Waals surface area contributed by atoms with Crippen molar-refractivity contribution >= 4 is 5.78 Å². The average Bonchev–Trinajstić information content (AvgIpc) is 2.62. The zero-order valence-corrected chi connectivity index (χ0v) is 7.96. The predicted molar refractivity (Wildman–Crippen MR) is 45.8 cm³/mol. The molecular weight excluding hydrogens is 152 g/mol. The lowest BCUT2D eigenvalue weighted by molar-refractivity contribution is -0.125. The van der Waals surface area contributed by atoms with Crippen LogP contribution in [0.3, 0.4) is 0 Å². The Kier molecular flexibility index (Phi) is 1.59. The molecule has 1 heterocycles. The van der Waals surface area contributed by atoms with E-state index in [1.807, 2.05) is 6.92 Å². The summed E-state index contributed by atoms with van der Waals surface area (Å²) in [7, 11) is 0. The minimum absolute atomic E-state index is 0.242. The van der Waals surface area contributed by atoms with E-state index in [-0.39, 0.29) is 11.7 Å². The Bertz CT molecular complexity index is 222. The SMILES string of the molecule is CC(C)[C@H]1CC(=O)[C@]2(C)O[C@@H]2C1. The van der Waals surface area contributed by atoms with Gasteiger partial charge in [-0.3, -0.25) is 4.79 Å². The number of Topliss-reactive ketones (excluding diaryl/α,β-unsaturated/α-hetero) is 1. The monoisotopic (exact) mass is 168 g/mol. The fourth-order valence-corrected chi connectivity index (χ4v) is 2.09. The minimum Gasteiger partial charge on any atom is -0.358 e. The first-order chi connectivity index (χ1) is 5.54. The number of fused-ring (bicyclic) bond motifs is 1. The average molecular weight is 168 g/mol. The number of epoxide rings is 1. The van der Waals surface area contributed by atoms with E-state index in [9.17, 15) is 4.79 Å². The molecule has 2 fully saturated rings. The van der Waals surface area contributed by atoms with Crippen molar-refractivity contribution in [3.05, 3.63) is 0 Å². The molecule has 0 aromatic heterocycles. The summed E-state index contributed by atoms with van der Waals surface area (Å²) in [6, 6.07) is 0. The van der Waals surface area contributed by atoms with E-state index in [1.54, 1.807) is 0 Å². The van der Waals surface area contributed by atoms with Gasteiger partial charge >= 0.3 is 0 Å². The molecule has 1 saturated heterocycles. The molecule has 1 saturated carbocycles. The summed E-state index contributed by atoms with van der Waals surface area (Å²) < 4.78 is 5.41. The molecule has 0 unspecified atom stereocenters. The fourth-order valence-electron chi connectivity index (χ4n) is 2.09. The lowest BCUT2D eigenvalue weighted by Gasteiger charge is -2.24. The molecule has 0 amide bonds. The molecule has 1 aliphatic heterocycles. The first kappa shape index (κ1) is 8.24. The Morgan fingerprint density at radius 2 is 2.25 bits per heavy atom. The Hall–Kier alpha value is -0.370. The third kappa shape index (κ3) is 1.01. The Morgan fingerprint density at radius 3 is 2.75 bits per heavy atom. The summed E-state index contributed by atoms with van der Waals surface area (Å²) in [5.41, 5.74) is -0.370. The van der Waals surface area contributed by atoms with Gasteiger partial charge in [-0.25, -0.2) is 0 Å². The maximum absolute atomic E-state index is 11.5. The van der Waals surface area contributed by atoms with Gasteiger partial charge in [0.2, 0.25) is 0 Å². The van der Waals surface area contributed by atoms with Crippen LogP contribution < -0.4 is 0 Å². The first-order valence-corrected chi connectivity index (χ1v) is 4.75. The number of hydrogen-bond acceptors (Lipinski definition) is 2. The van der Waals surface area contributed by atoms with Crippen LogP contribution >= 0.6 is 0 Å². The Balaban J connectivity index is 2.07. The van der Waals surface area contributed by atoms with Gasteiger partial charge in [-0.2, -0.15) is 0 Å². The third-order valence-corrected chi connectivity index (χ3v) is 3.41. The van der Waals surface area contributed by atoms with Crippen molar-refractivity contribution in [2.24, 2.45) is 11.8 Å². The van der Waals surface area contributed by atoms with Gasteiger partial charge in [0.25, 0.3) is 0 Å². The maximum Gasteiger partial charge on any atom is 0.167 e. The standard InChI is InChI=1S/C10H16O2/c1-6(2)7-4-8(11)10(3)9(5-7)12-10/h6-7,9H,4-5H2,1-3H3/t7-,9+,10-/m0/s1. The highest BCUT2D eigenvalue weighted by Crippen LogP contribution is 2.48. The molecule has 0 aromatic carbocycles. The summed E-state index contributed by atoms with van der Waals surface area (Å²) in [5, 5.41) is 0. The lowest BCUT2D eigenvalue weighted by atomic mass is 9.77. The molecular formula is C10H16O2. The van der Waals surface area contributed by atoms with Crippen molar-refractivity contribution in [1.82, 2.24) is 0 Å². The predicted octanol–water partition coefficient (Wildman–Crippen LogP) is 1.78. The molecule has 2 nitrogen and oxygen atoms in total. The number of hydrogen-bond donors (Lipinski definition) is 0. The number of carbonyl (C=O) groups is 1. The molecule has 2 rings (SSSR count). The summed E-state index contributed by atoms with van der Waals surface area (Å²) in [6.07, 6.45) is 2.05. The van der Waals surface area contributed by atoms with E-state index >= 15 is 0 Å². The number of ether oxygens (including phenoxy) is 1. The van der Waals surface area contributed by atoms with Crippen molar-refractivity contribution in [3.8, 4) is 0 Å². The van der Waals surface area contributed by atoms with Crippen LogP contribution in [0.5, 0.6) is 0 Å². The van der Waals surface area contributed by atoms with Gasteiger partial charge in [0.15, 0.2) is 5.78 Å². The largest absolute Gasteiger partial charge is 0.358 e. The number of rotatable bonds is 1. The van der Waals surface area contributed by atoms with Gasteiger partial charge in [0, 0.05) is 6.42 Å². The quantitative estimate of drug-likeness (QED) is 0.558. The molecule has 0 bridgehead atoms. The van der Waals surface area contributed by atoms with Crippen molar-refractivity contribution in [2.75, 3.05) is 0 Å². The van der Waals surface area contributed by atoms with Crippen LogP contribution in [-0.2, 0) is 9.53 Å². The van der Waals surface area contributed by atoms with E-state index in [0.29, 0.717) is 17.6 Å². The molecule has 68 valence electrons. The van der Waals surface area contributed by atoms with Crippen LogP contribution in [0.1, 0.15) is 33.6 Å². The highest BCUT2D eigenvalue weighted by Gasteiger charge is 2.61. The molecule has 2 heteroatoms. The molecule has 3 atom stereocenters. The topological polar surface area (TPSA) is 29.6 Å². The lowest BCUT2D eigenvalue weighted by Crippen LogP contribution is -2.33. The molecule has 2 aliphatic rings. The van der Waals surface area contributed by atoms with Crippen molar-refractivity contribution in [1.29, 1.82) is 0 Å². The van der Waals surface area contributed by atoms with Crippen LogP contribution in [-0.4, -0.2) is 17.5 Å². The van der Waals surface area contributed by atoms with E-state index < -0.39 is 0 Å². The molecule has 1 aliphatic carbocycles. The van der Waals surface area contributed by atoms with Gasteiger partial charge in [-0.15, -0.1) is 0 Å². The van der Waals surface area contributed by atoms with E-state index in [1.165, 1.54) is 0 Å². The molecule has 0 spiro atoms. The van der Waals surface area contributed by atoms with E-state index in [4.69, 9.17) is 4.74 Å². The normalized spacial score (nSPS) is 46.2. The van der Waals surface area contributed by atoms with Gasteiger partial charge in [-0.1, -0.05) is 13.8 Å². The van der Waals surface area contributed by atoms with E-state index in [0.717, 1.165) is 12.8 Å². The zero-order valence-electron chi connectivity index (χ0n) is 7.96. The smallest absolute Gasteiger partial charge is 0.167 e. The second-order valence-electron chi connectivity index (χ2n) is 4.58. The van der Waals surface area contributed by atoms with Crippen LogP contribution in [0.15, 0.2) is 0 Å². The van der Waals surface area contributed by atoms with Gasteiger partial charge in [0.05, 0.1) is 6.10 Å². The maximum atomic E-state index is 11.5. The number of carbonyl (C=O) groups excluding carboxylic acids is 1. The summed E-state index contributed by atoms with van der Waals surface area (Å²) >= 11 is 0. The van der Waals surface area contributed by atoms with Gasteiger partial charge in [-0.05, 0) is 25.2 Å². The second kappa shape index (κ2) is 2.32. The van der Waals surface area contributed by atoms with Crippen LogP contribution in [0.25, 0.3) is 0 Å². The van der Waals surface area contributed by atoms with Crippen molar-refractivity contribution in [2.45, 2.75) is 45.3 Å². The molecule has 0 radical (unpaired) electrons. The highest BCUT2D eigenvalue weighted by atomic mass is 16.6. The number of ketones is 1. The second-order valence-corrected chi connectivity index (χ2v) is 4.58. The van der Waals surface area contributed by atoms with Crippen LogP contribution in [0.4, 0.5) is 0 Å². The first-order valence-electron chi connectivity index (χ1n) is 4.75. The zero-order chi connectivity index (χ0) is 8.93. The van der Waals surface area contributed by atoms with Crippen molar-refractivity contribution in [3.63, 3.8) is 0 Å². The summed E-state index contributed by atoms with van der Waals surface area (Å²) in [6.45, 7) is 6.29. The highest BCUT2D eigenvalue weighted by molar-refractivity contribution is 5.91. The fraction of sp³-hybridized carbons (Fsp3) is 0.900.